The van der Waals surface area contributed by atoms with Gasteiger partial charge in [0, 0.05) is 6.20 Å². The fourth-order valence-corrected chi connectivity index (χ4v) is 4.83. The molecule has 2 fully saturated rings. The zero-order valence-electron chi connectivity index (χ0n) is 19.3. The summed E-state index contributed by atoms with van der Waals surface area (Å²) in [6, 6.07) is 6.63. The van der Waals surface area contributed by atoms with Gasteiger partial charge in [-0.25, -0.2) is 18.2 Å². The van der Waals surface area contributed by atoms with Gasteiger partial charge in [-0.2, -0.15) is 0 Å². The van der Waals surface area contributed by atoms with Crippen molar-refractivity contribution in [2.45, 2.75) is 38.3 Å². The van der Waals surface area contributed by atoms with E-state index >= 15 is 0 Å². The van der Waals surface area contributed by atoms with Crippen LogP contribution < -0.4 is 4.74 Å². The van der Waals surface area contributed by atoms with E-state index in [1.54, 1.807) is 30.5 Å². The molecule has 2 aromatic carbocycles. The molecule has 1 amide bonds. The maximum absolute atomic E-state index is 13.9. The average molecular weight is 483 g/mol. The van der Waals surface area contributed by atoms with Crippen molar-refractivity contribution in [3.05, 3.63) is 82.9 Å². The maximum atomic E-state index is 13.9. The highest BCUT2D eigenvalue weighted by Gasteiger charge is 2.41. The van der Waals surface area contributed by atoms with Gasteiger partial charge in [0.1, 0.15) is 12.4 Å². The molecular formula is C26H24F3N3O3. The first kappa shape index (κ1) is 23.0. The molecule has 5 rings (SSSR count). The number of nitrogens with zero attached hydrogens (tertiary/aromatic N) is 3. The predicted octanol–water partition coefficient (Wildman–Crippen LogP) is 5.10. The number of carbonyl (C=O) groups is 1. The predicted molar refractivity (Wildman–Crippen MR) is 122 cm³/mol. The maximum Gasteiger partial charge on any atom is 0.289 e. The van der Waals surface area contributed by atoms with Gasteiger partial charge in [0.2, 0.25) is 0 Å². The van der Waals surface area contributed by atoms with Crippen molar-refractivity contribution in [1.29, 1.82) is 0 Å². The van der Waals surface area contributed by atoms with Crippen molar-refractivity contribution in [3.63, 3.8) is 0 Å². The normalized spacial score (nSPS) is 21.1. The quantitative estimate of drug-likeness (QED) is 0.383. The van der Waals surface area contributed by atoms with E-state index in [9.17, 15) is 18.0 Å². The summed E-state index contributed by atoms with van der Waals surface area (Å²) in [5, 5.41) is 0. The molecule has 2 aliphatic heterocycles. The first-order valence-corrected chi connectivity index (χ1v) is 11.4. The highest BCUT2D eigenvalue weighted by atomic mass is 19.2. The molecule has 1 aromatic heterocycles. The number of aromatic nitrogens is 2. The Morgan fingerprint density at radius 3 is 2.60 bits per heavy atom. The van der Waals surface area contributed by atoms with Gasteiger partial charge in [-0.1, -0.05) is 6.07 Å². The highest BCUT2D eigenvalue weighted by Crippen LogP contribution is 2.39. The standard InChI is InChI=1S/C26H24F3N3O3/c1-15-12-31(14-30-15)22-7-6-16(8-23(22)34-2)9-24-26(33)32-18(13-35-24)4-3-5-21(32)17-10-19(27)25(29)20(28)11-17/h6-12,14,18,21H,3-5,13H2,1-2H3/b24-9-/t18-,21-/m0/s1. The molecule has 0 unspecified atom stereocenters. The van der Waals surface area contributed by atoms with E-state index in [4.69, 9.17) is 9.47 Å². The van der Waals surface area contributed by atoms with Gasteiger partial charge in [-0.05, 0) is 67.7 Å². The number of hydrogen-bond donors (Lipinski definition) is 0. The van der Waals surface area contributed by atoms with Crippen LogP contribution in [-0.4, -0.2) is 40.1 Å². The summed E-state index contributed by atoms with van der Waals surface area (Å²) < 4.78 is 54.6. The second kappa shape index (κ2) is 9.13. The molecule has 6 nitrogen and oxygen atoms in total. The Morgan fingerprint density at radius 1 is 1.14 bits per heavy atom. The van der Waals surface area contributed by atoms with E-state index in [1.165, 1.54) is 0 Å². The van der Waals surface area contributed by atoms with Crippen LogP contribution in [0.3, 0.4) is 0 Å². The van der Waals surface area contributed by atoms with Crippen LogP contribution in [0.4, 0.5) is 13.2 Å². The summed E-state index contributed by atoms with van der Waals surface area (Å²) >= 11 is 0. The topological polar surface area (TPSA) is 56.6 Å². The Balaban J connectivity index is 1.46. The van der Waals surface area contributed by atoms with Crippen molar-refractivity contribution in [2.24, 2.45) is 0 Å². The number of methoxy groups -OCH3 is 1. The molecule has 2 aliphatic rings. The second-order valence-electron chi connectivity index (χ2n) is 8.78. The molecule has 0 saturated carbocycles. The molecule has 0 spiro atoms. The molecule has 0 bridgehead atoms. The SMILES string of the molecule is COc1cc(/C=C2\OC[C@@H]3CCC[C@@H](c4cc(F)c(F)c(F)c4)N3C2=O)ccc1-n1cnc(C)c1. The molecule has 182 valence electrons. The minimum Gasteiger partial charge on any atom is -0.495 e. The van der Waals surface area contributed by atoms with Crippen molar-refractivity contribution in [2.75, 3.05) is 13.7 Å². The van der Waals surface area contributed by atoms with E-state index in [0.717, 1.165) is 29.9 Å². The smallest absolute Gasteiger partial charge is 0.289 e. The summed E-state index contributed by atoms with van der Waals surface area (Å²) in [6.45, 7) is 2.16. The number of ether oxygens (including phenoxy) is 2. The number of piperidine rings is 1. The van der Waals surface area contributed by atoms with Crippen LogP contribution in [0.1, 0.15) is 42.1 Å². The number of rotatable bonds is 4. The monoisotopic (exact) mass is 483 g/mol. The third kappa shape index (κ3) is 4.26. The number of carbonyl (C=O) groups excluding carboxylic acids is 1. The minimum atomic E-state index is -1.52. The lowest BCUT2D eigenvalue weighted by molar-refractivity contribution is -0.146. The summed E-state index contributed by atoms with van der Waals surface area (Å²) in [6.07, 6.45) is 7.19. The molecule has 9 heteroatoms. The molecule has 0 aliphatic carbocycles. The molecule has 0 N–H and O–H groups in total. The van der Waals surface area contributed by atoms with E-state index in [0.29, 0.717) is 24.2 Å². The van der Waals surface area contributed by atoms with Crippen molar-refractivity contribution in [3.8, 4) is 11.4 Å². The van der Waals surface area contributed by atoms with Crippen LogP contribution >= 0.6 is 0 Å². The number of amides is 1. The van der Waals surface area contributed by atoms with Crippen LogP contribution in [0.2, 0.25) is 0 Å². The summed E-state index contributed by atoms with van der Waals surface area (Å²) in [5.74, 6) is -3.70. The summed E-state index contributed by atoms with van der Waals surface area (Å²) in [7, 11) is 1.56. The van der Waals surface area contributed by atoms with Crippen molar-refractivity contribution >= 4 is 12.0 Å². The van der Waals surface area contributed by atoms with Gasteiger partial charge in [0.05, 0.1) is 36.9 Å². The zero-order chi connectivity index (χ0) is 24.7. The van der Waals surface area contributed by atoms with Crippen molar-refractivity contribution < 1.29 is 27.4 Å². The third-order valence-corrected chi connectivity index (χ3v) is 6.50. The number of aryl methyl sites for hydroxylation is 1. The van der Waals surface area contributed by atoms with Crippen LogP contribution in [0.25, 0.3) is 11.8 Å². The zero-order valence-corrected chi connectivity index (χ0v) is 19.3. The first-order chi connectivity index (χ1) is 16.9. The summed E-state index contributed by atoms with van der Waals surface area (Å²) in [5.41, 5.74) is 2.59. The Bertz CT molecular complexity index is 1300. The van der Waals surface area contributed by atoms with Crippen LogP contribution in [-0.2, 0) is 9.53 Å². The second-order valence-corrected chi connectivity index (χ2v) is 8.78. The first-order valence-electron chi connectivity index (χ1n) is 11.4. The lowest BCUT2D eigenvalue weighted by atomic mass is 9.89. The lowest BCUT2D eigenvalue weighted by Gasteiger charge is -2.45. The molecule has 2 atom stereocenters. The fourth-order valence-electron chi connectivity index (χ4n) is 4.83. The Morgan fingerprint density at radius 2 is 1.91 bits per heavy atom. The number of hydrogen-bond acceptors (Lipinski definition) is 4. The molecule has 0 radical (unpaired) electrons. The van der Waals surface area contributed by atoms with E-state index in [1.807, 2.05) is 29.8 Å². The van der Waals surface area contributed by atoms with Gasteiger partial charge in [-0.15, -0.1) is 0 Å². The van der Waals surface area contributed by atoms with Crippen LogP contribution in [0.5, 0.6) is 5.75 Å². The minimum absolute atomic E-state index is 0.129. The Labute approximate surface area is 200 Å². The Hall–Kier alpha value is -3.75. The van der Waals surface area contributed by atoms with E-state index in [-0.39, 0.29) is 29.9 Å². The van der Waals surface area contributed by atoms with Gasteiger partial charge < -0.3 is 18.9 Å². The fraction of sp³-hybridized carbons (Fsp3) is 0.308. The van der Waals surface area contributed by atoms with Crippen molar-refractivity contribution in [1.82, 2.24) is 14.5 Å². The number of halogens is 3. The lowest BCUT2D eigenvalue weighted by Crippen LogP contribution is -2.52. The van der Waals surface area contributed by atoms with E-state index in [2.05, 4.69) is 4.98 Å². The Kier molecular flexibility index (Phi) is 6.00. The van der Waals surface area contributed by atoms with Gasteiger partial charge in [0.25, 0.3) is 5.91 Å². The number of benzene rings is 2. The van der Waals surface area contributed by atoms with Gasteiger partial charge in [0.15, 0.2) is 23.2 Å². The third-order valence-electron chi connectivity index (χ3n) is 6.50. The number of morpholine rings is 1. The van der Waals surface area contributed by atoms with Crippen LogP contribution in [0.15, 0.2) is 48.6 Å². The molecule has 35 heavy (non-hydrogen) atoms. The summed E-state index contributed by atoms with van der Waals surface area (Å²) in [4.78, 5) is 19.3. The number of fused-ring (bicyclic) bond motifs is 1. The van der Waals surface area contributed by atoms with Gasteiger partial charge >= 0.3 is 0 Å². The number of imidazole rings is 1. The van der Waals surface area contributed by atoms with Gasteiger partial charge in [-0.3, -0.25) is 4.79 Å². The average Bonchev–Trinajstić information content (AvgIpc) is 3.29. The van der Waals surface area contributed by atoms with E-state index < -0.39 is 23.5 Å². The van der Waals surface area contributed by atoms with Crippen LogP contribution in [0, 0.1) is 24.4 Å². The molecule has 3 heterocycles. The highest BCUT2D eigenvalue weighted by molar-refractivity contribution is 5.97. The molecule has 3 aromatic rings. The molecule has 2 saturated heterocycles. The molecular weight excluding hydrogens is 459 g/mol. The largest absolute Gasteiger partial charge is 0.495 e.